The molecule has 1 N–H and O–H groups in total. The van der Waals surface area contributed by atoms with Crippen molar-refractivity contribution in [2.75, 3.05) is 5.32 Å². The average Bonchev–Trinajstić information content (AvgIpc) is 2.32. The molecule has 0 spiro atoms. The van der Waals surface area contributed by atoms with Crippen LogP contribution in [0.3, 0.4) is 0 Å². The number of halogens is 2. The number of nitrogens with one attached hydrogen (secondary N) is 1. The Morgan fingerprint density at radius 3 is 2.53 bits per heavy atom. The predicted octanol–water partition coefficient (Wildman–Crippen LogP) is 4.61. The second-order valence-corrected chi connectivity index (χ2v) is 4.29. The topological polar surface area (TPSA) is 35.8 Å². The normalized spacial score (nSPS) is 9.71. The maximum absolute atomic E-state index is 8.73. The van der Waals surface area contributed by atoms with Crippen LogP contribution < -0.4 is 5.32 Å². The van der Waals surface area contributed by atoms with Gasteiger partial charge < -0.3 is 5.32 Å². The minimum absolute atomic E-state index is 0.504. The molecule has 0 aliphatic carbocycles. The highest BCUT2D eigenvalue weighted by atomic mass is 35.5. The number of hydrogen-bond donors (Lipinski definition) is 1. The molecule has 17 heavy (non-hydrogen) atoms. The third kappa shape index (κ3) is 2.91. The molecule has 84 valence electrons. The number of nitriles is 1. The number of nitrogens with zero attached hydrogens (tertiary/aromatic N) is 1. The molecular formula is C13H8Cl2N2. The first-order chi connectivity index (χ1) is 8.19. The minimum atomic E-state index is 0.504. The van der Waals surface area contributed by atoms with Gasteiger partial charge in [0.05, 0.1) is 22.3 Å². The van der Waals surface area contributed by atoms with Gasteiger partial charge in [0.1, 0.15) is 0 Å². The summed E-state index contributed by atoms with van der Waals surface area (Å²) < 4.78 is 0. The first-order valence-corrected chi connectivity index (χ1v) is 5.67. The summed E-state index contributed by atoms with van der Waals surface area (Å²) in [6.45, 7) is 0. The molecule has 0 amide bonds. The number of hydrogen-bond acceptors (Lipinski definition) is 2. The highest BCUT2D eigenvalue weighted by Crippen LogP contribution is 2.27. The summed E-state index contributed by atoms with van der Waals surface area (Å²) in [5, 5.41) is 13.0. The van der Waals surface area contributed by atoms with Gasteiger partial charge in [0, 0.05) is 10.7 Å². The Morgan fingerprint density at radius 1 is 1.06 bits per heavy atom. The van der Waals surface area contributed by atoms with Crippen molar-refractivity contribution in [3.63, 3.8) is 0 Å². The Kier molecular flexibility index (Phi) is 3.53. The van der Waals surface area contributed by atoms with Crippen LogP contribution in [0.4, 0.5) is 11.4 Å². The molecule has 0 unspecified atom stereocenters. The molecule has 0 atom stereocenters. The lowest BCUT2D eigenvalue weighted by Gasteiger charge is -2.08. The lowest BCUT2D eigenvalue weighted by atomic mass is 10.2. The van der Waals surface area contributed by atoms with E-state index >= 15 is 0 Å². The van der Waals surface area contributed by atoms with Crippen molar-refractivity contribution in [1.29, 1.82) is 5.26 Å². The summed E-state index contributed by atoms with van der Waals surface area (Å²) in [7, 11) is 0. The fourth-order valence-corrected chi connectivity index (χ4v) is 1.83. The van der Waals surface area contributed by atoms with E-state index in [4.69, 9.17) is 28.5 Å². The van der Waals surface area contributed by atoms with E-state index in [1.54, 1.807) is 30.3 Å². The van der Waals surface area contributed by atoms with E-state index < -0.39 is 0 Å². The molecule has 0 saturated carbocycles. The Morgan fingerprint density at radius 2 is 1.88 bits per heavy atom. The molecule has 0 aromatic heterocycles. The SMILES string of the molecule is N#Cc1ccc(Nc2cccc(Cl)c2)c(Cl)c1. The van der Waals surface area contributed by atoms with Crippen molar-refractivity contribution in [2.45, 2.75) is 0 Å². The van der Waals surface area contributed by atoms with Gasteiger partial charge >= 0.3 is 0 Å². The van der Waals surface area contributed by atoms with E-state index in [9.17, 15) is 0 Å². The molecule has 0 aliphatic rings. The van der Waals surface area contributed by atoms with Gasteiger partial charge in [-0.2, -0.15) is 5.26 Å². The lowest BCUT2D eigenvalue weighted by Crippen LogP contribution is -1.91. The standard InChI is InChI=1S/C13H8Cl2N2/c14-10-2-1-3-11(7-10)17-13-5-4-9(8-16)6-12(13)15/h1-7,17H. The van der Waals surface area contributed by atoms with Crippen LogP contribution in [-0.2, 0) is 0 Å². The van der Waals surface area contributed by atoms with Gasteiger partial charge in [0.25, 0.3) is 0 Å². The number of benzene rings is 2. The molecule has 0 bridgehead atoms. The van der Waals surface area contributed by atoms with Gasteiger partial charge in [-0.3, -0.25) is 0 Å². The van der Waals surface area contributed by atoms with E-state index in [2.05, 4.69) is 5.32 Å². The van der Waals surface area contributed by atoms with Crippen molar-refractivity contribution >= 4 is 34.6 Å². The molecule has 2 rings (SSSR count). The van der Waals surface area contributed by atoms with E-state index in [1.807, 2.05) is 18.2 Å². The molecule has 0 fully saturated rings. The molecule has 0 radical (unpaired) electrons. The summed E-state index contributed by atoms with van der Waals surface area (Å²) in [5.41, 5.74) is 2.13. The van der Waals surface area contributed by atoms with Crippen LogP contribution in [0.25, 0.3) is 0 Å². The quantitative estimate of drug-likeness (QED) is 0.858. The summed E-state index contributed by atoms with van der Waals surface area (Å²) >= 11 is 11.9. The molecular weight excluding hydrogens is 255 g/mol. The first kappa shape index (κ1) is 11.8. The third-order valence-corrected chi connectivity index (χ3v) is 2.75. The van der Waals surface area contributed by atoms with Gasteiger partial charge in [-0.25, -0.2) is 0 Å². The van der Waals surface area contributed by atoms with E-state index in [-0.39, 0.29) is 0 Å². The van der Waals surface area contributed by atoms with Gasteiger partial charge in [0.2, 0.25) is 0 Å². The van der Waals surface area contributed by atoms with Gasteiger partial charge in [-0.15, -0.1) is 0 Å². The van der Waals surface area contributed by atoms with Gasteiger partial charge in [0.15, 0.2) is 0 Å². The summed E-state index contributed by atoms with van der Waals surface area (Å²) in [5.74, 6) is 0. The molecule has 0 heterocycles. The largest absolute Gasteiger partial charge is 0.354 e. The second-order valence-electron chi connectivity index (χ2n) is 3.44. The predicted molar refractivity (Wildman–Crippen MR) is 70.9 cm³/mol. The average molecular weight is 263 g/mol. The van der Waals surface area contributed by atoms with Crippen molar-refractivity contribution in [2.24, 2.45) is 0 Å². The van der Waals surface area contributed by atoms with E-state index in [1.165, 1.54) is 0 Å². The van der Waals surface area contributed by atoms with Crippen molar-refractivity contribution in [3.05, 3.63) is 58.1 Å². The highest BCUT2D eigenvalue weighted by Gasteiger charge is 2.02. The van der Waals surface area contributed by atoms with Crippen molar-refractivity contribution in [3.8, 4) is 6.07 Å². The second kappa shape index (κ2) is 5.09. The van der Waals surface area contributed by atoms with Crippen molar-refractivity contribution in [1.82, 2.24) is 0 Å². The molecule has 0 aliphatic heterocycles. The van der Waals surface area contributed by atoms with Crippen LogP contribution in [0.2, 0.25) is 10.0 Å². The summed E-state index contributed by atoms with van der Waals surface area (Å²) in [4.78, 5) is 0. The van der Waals surface area contributed by atoms with E-state index in [0.29, 0.717) is 15.6 Å². The Labute approximate surface area is 109 Å². The van der Waals surface area contributed by atoms with Crippen LogP contribution in [-0.4, -0.2) is 0 Å². The smallest absolute Gasteiger partial charge is 0.0992 e. The summed E-state index contributed by atoms with van der Waals surface area (Å²) in [6.07, 6.45) is 0. The zero-order valence-electron chi connectivity index (χ0n) is 8.74. The lowest BCUT2D eigenvalue weighted by molar-refractivity contribution is 1.47. The zero-order chi connectivity index (χ0) is 12.3. The maximum Gasteiger partial charge on any atom is 0.0992 e. The zero-order valence-corrected chi connectivity index (χ0v) is 10.3. The van der Waals surface area contributed by atoms with Gasteiger partial charge in [-0.05, 0) is 36.4 Å². The molecule has 4 heteroatoms. The maximum atomic E-state index is 8.73. The van der Waals surface area contributed by atoms with Crippen LogP contribution in [0.15, 0.2) is 42.5 Å². The number of anilines is 2. The Hall–Kier alpha value is -1.69. The molecule has 2 aromatic carbocycles. The fourth-order valence-electron chi connectivity index (χ4n) is 1.41. The minimum Gasteiger partial charge on any atom is -0.354 e. The summed E-state index contributed by atoms with van der Waals surface area (Å²) in [6, 6.07) is 14.5. The number of rotatable bonds is 2. The van der Waals surface area contributed by atoms with Gasteiger partial charge in [-0.1, -0.05) is 29.3 Å². The van der Waals surface area contributed by atoms with Crippen LogP contribution in [0.5, 0.6) is 0 Å². The molecule has 2 aromatic rings. The van der Waals surface area contributed by atoms with E-state index in [0.717, 1.165) is 11.4 Å². The Balaban J connectivity index is 2.28. The van der Waals surface area contributed by atoms with Crippen LogP contribution >= 0.6 is 23.2 Å². The van der Waals surface area contributed by atoms with Crippen LogP contribution in [0, 0.1) is 11.3 Å². The molecule has 0 saturated heterocycles. The van der Waals surface area contributed by atoms with Crippen molar-refractivity contribution < 1.29 is 0 Å². The Bertz CT molecular complexity index is 588. The third-order valence-electron chi connectivity index (χ3n) is 2.20. The monoisotopic (exact) mass is 262 g/mol. The highest BCUT2D eigenvalue weighted by molar-refractivity contribution is 6.33. The fraction of sp³-hybridized carbons (Fsp3) is 0. The first-order valence-electron chi connectivity index (χ1n) is 4.91. The van der Waals surface area contributed by atoms with Crippen LogP contribution in [0.1, 0.15) is 5.56 Å². The molecule has 2 nitrogen and oxygen atoms in total.